The number of nitrogens with one attached hydrogen (secondary N) is 1. The van der Waals surface area contributed by atoms with Gasteiger partial charge in [0.25, 0.3) is 0 Å². The summed E-state index contributed by atoms with van der Waals surface area (Å²) in [6.07, 6.45) is 2.32. The summed E-state index contributed by atoms with van der Waals surface area (Å²) in [5, 5.41) is 12.5. The Kier molecular flexibility index (Phi) is 5.38. The van der Waals surface area contributed by atoms with Gasteiger partial charge in [0.05, 0.1) is 6.10 Å². The van der Waals surface area contributed by atoms with Gasteiger partial charge in [-0.2, -0.15) is 0 Å². The standard InChI is InChI=1S/C13H23N3O/c1-10(17)6-8-16(4)13-9-12(5-7-15-13)11(2)14-3/h5,7,9-11,14,17H,6,8H2,1-4H3. The second-order valence-electron chi connectivity index (χ2n) is 4.52. The Balaban J connectivity index is 2.70. The minimum absolute atomic E-state index is 0.267. The van der Waals surface area contributed by atoms with Gasteiger partial charge in [-0.05, 0) is 45.0 Å². The van der Waals surface area contributed by atoms with E-state index in [1.165, 1.54) is 5.56 Å². The van der Waals surface area contributed by atoms with Crippen molar-refractivity contribution >= 4 is 5.82 Å². The highest BCUT2D eigenvalue weighted by Crippen LogP contribution is 2.17. The summed E-state index contributed by atoms with van der Waals surface area (Å²) in [4.78, 5) is 6.42. The van der Waals surface area contributed by atoms with Crippen molar-refractivity contribution in [1.82, 2.24) is 10.3 Å². The van der Waals surface area contributed by atoms with E-state index in [1.54, 1.807) is 6.92 Å². The molecule has 17 heavy (non-hydrogen) atoms. The average molecular weight is 237 g/mol. The van der Waals surface area contributed by atoms with Crippen LogP contribution in [0.5, 0.6) is 0 Å². The van der Waals surface area contributed by atoms with Crippen LogP contribution in [0.2, 0.25) is 0 Å². The predicted octanol–water partition coefficient (Wildman–Crippen LogP) is 1.57. The summed E-state index contributed by atoms with van der Waals surface area (Å²) < 4.78 is 0. The van der Waals surface area contributed by atoms with Gasteiger partial charge in [-0.25, -0.2) is 4.98 Å². The first-order valence-electron chi connectivity index (χ1n) is 6.07. The van der Waals surface area contributed by atoms with Crippen LogP contribution in [0.4, 0.5) is 5.82 Å². The third-order valence-corrected chi connectivity index (χ3v) is 2.98. The highest BCUT2D eigenvalue weighted by molar-refractivity contribution is 5.40. The fourth-order valence-electron chi connectivity index (χ4n) is 1.57. The highest BCUT2D eigenvalue weighted by atomic mass is 16.3. The summed E-state index contributed by atoms with van der Waals surface area (Å²) >= 11 is 0. The van der Waals surface area contributed by atoms with Crippen molar-refractivity contribution in [2.45, 2.75) is 32.4 Å². The van der Waals surface area contributed by atoms with Crippen LogP contribution < -0.4 is 10.2 Å². The van der Waals surface area contributed by atoms with Gasteiger partial charge in [-0.3, -0.25) is 0 Å². The van der Waals surface area contributed by atoms with Crippen LogP contribution >= 0.6 is 0 Å². The molecule has 0 saturated heterocycles. The molecule has 4 heteroatoms. The van der Waals surface area contributed by atoms with E-state index in [4.69, 9.17) is 0 Å². The molecule has 0 saturated carbocycles. The number of hydrogen-bond donors (Lipinski definition) is 2. The maximum atomic E-state index is 9.27. The van der Waals surface area contributed by atoms with Gasteiger partial charge in [0.1, 0.15) is 5.82 Å². The van der Waals surface area contributed by atoms with Crippen molar-refractivity contribution in [2.24, 2.45) is 0 Å². The summed E-state index contributed by atoms with van der Waals surface area (Å²) in [5.74, 6) is 0.949. The van der Waals surface area contributed by atoms with Crippen molar-refractivity contribution in [3.63, 3.8) is 0 Å². The third-order valence-electron chi connectivity index (χ3n) is 2.98. The van der Waals surface area contributed by atoms with Gasteiger partial charge in [0.15, 0.2) is 0 Å². The maximum absolute atomic E-state index is 9.27. The molecule has 96 valence electrons. The minimum atomic E-state index is -0.267. The lowest BCUT2D eigenvalue weighted by Crippen LogP contribution is -2.23. The van der Waals surface area contributed by atoms with Crippen LogP contribution in [-0.4, -0.2) is 36.8 Å². The van der Waals surface area contributed by atoms with Gasteiger partial charge in [0.2, 0.25) is 0 Å². The van der Waals surface area contributed by atoms with Crippen LogP contribution in [0.1, 0.15) is 31.9 Å². The van der Waals surface area contributed by atoms with E-state index >= 15 is 0 Å². The molecule has 0 radical (unpaired) electrons. The smallest absolute Gasteiger partial charge is 0.128 e. The van der Waals surface area contributed by atoms with Crippen molar-refractivity contribution in [1.29, 1.82) is 0 Å². The average Bonchev–Trinajstić information content (AvgIpc) is 2.35. The van der Waals surface area contributed by atoms with Crippen LogP contribution in [0, 0.1) is 0 Å². The lowest BCUT2D eigenvalue weighted by molar-refractivity contribution is 0.187. The fourth-order valence-corrected chi connectivity index (χ4v) is 1.57. The zero-order chi connectivity index (χ0) is 12.8. The molecule has 2 atom stereocenters. The van der Waals surface area contributed by atoms with Gasteiger partial charge in [-0.15, -0.1) is 0 Å². The number of hydrogen-bond acceptors (Lipinski definition) is 4. The fraction of sp³-hybridized carbons (Fsp3) is 0.615. The summed E-state index contributed by atoms with van der Waals surface area (Å²) in [6, 6.07) is 4.43. The molecule has 0 aliphatic carbocycles. The quantitative estimate of drug-likeness (QED) is 0.788. The van der Waals surface area contributed by atoms with Crippen LogP contribution in [0.15, 0.2) is 18.3 Å². The minimum Gasteiger partial charge on any atom is -0.393 e. The van der Waals surface area contributed by atoms with Gasteiger partial charge in [-0.1, -0.05) is 0 Å². The zero-order valence-corrected chi connectivity index (χ0v) is 11.1. The first-order chi connectivity index (χ1) is 8.04. The molecule has 1 rings (SSSR count). The zero-order valence-electron chi connectivity index (χ0n) is 11.1. The Labute approximate surface area is 104 Å². The maximum Gasteiger partial charge on any atom is 0.128 e. The van der Waals surface area contributed by atoms with E-state index in [9.17, 15) is 5.11 Å². The Morgan fingerprint density at radius 3 is 2.76 bits per heavy atom. The number of pyridine rings is 1. The molecule has 0 bridgehead atoms. The van der Waals surface area contributed by atoms with Crippen molar-refractivity contribution < 1.29 is 5.11 Å². The lowest BCUT2D eigenvalue weighted by atomic mass is 10.1. The first-order valence-corrected chi connectivity index (χ1v) is 6.07. The first kappa shape index (κ1) is 13.9. The lowest BCUT2D eigenvalue weighted by Gasteiger charge is -2.20. The number of aliphatic hydroxyl groups is 1. The Hall–Kier alpha value is -1.13. The predicted molar refractivity (Wildman–Crippen MR) is 71.3 cm³/mol. The molecule has 2 unspecified atom stereocenters. The summed E-state index contributed by atoms with van der Waals surface area (Å²) in [7, 11) is 3.94. The number of aromatic nitrogens is 1. The Morgan fingerprint density at radius 1 is 1.47 bits per heavy atom. The van der Waals surface area contributed by atoms with E-state index in [0.29, 0.717) is 6.04 Å². The van der Waals surface area contributed by atoms with E-state index in [-0.39, 0.29) is 6.10 Å². The molecule has 0 fully saturated rings. The van der Waals surface area contributed by atoms with Gasteiger partial charge in [0, 0.05) is 25.8 Å². The molecule has 0 spiro atoms. The second kappa shape index (κ2) is 6.57. The molecule has 4 nitrogen and oxygen atoms in total. The van der Waals surface area contributed by atoms with Gasteiger partial charge < -0.3 is 15.3 Å². The van der Waals surface area contributed by atoms with E-state index in [1.807, 2.05) is 26.4 Å². The SMILES string of the molecule is CNC(C)c1ccnc(N(C)CCC(C)O)c1. The molecule has 2 N–H and O–H groups in total. The molecule has 0 aliphatic heterocycles. The molecule has 1 heterocycles. The van der Waals surface area contributed by atoms with Crippen LogP contribution in [-0.2, 0) is 0 Å². The molecular weight excluding hydrogens is 214 g/mol. The van der Waals surface area contributed by atoms with Crippen LogP contribution in [0.3, 0.4) is 0 Å². The second-order valence-corrected chi connectivity index (χ2v) is 4.52. The van der Waals surface area contributed by atoms with Crippen molar-refractivity contribution in [3.05, 3.63) is 23.9 Å². The monoisotopic (exact) mass is 237 g/mol. The topological polar surface area (TPSA) is 48.4 Å². The summed E-state index contributed by atoms with van der Waals surface area (Å²) in [5.41, 5.74) is 1.22. The molecule has 1 aromatic rings. The molecule has 1 aromatic heterocycles. The van der Waals surface area contributed by atoms with E-state index < -0.39 is 0 Å². The Morgan fingerprint density at radius 2 is 2.18 bits per heavy atom. The van der Waals surface area contributed by atoms with Crippen molar-refractivity contribution in [3.8, 4) is 0 Å². The Bertz CT molecular complexity index is 341. The largest absolute Gasteiger partial charge is 0.393 e. The molecular formula is C13H23N3O. The highest BCUT2D eigenvalue weighted by Gasteiger charge is 2.07. The van der Waals surface area contributed by atoms with Gasteiger partial charge >= 0.3 is 0 Å². The van der Waals surface area contributed by atoms with Crippen molar-refractivity contribution in [2.75, 3.05) is 25.5 Å². The molecule has 0 aliphatic rings. The van der Waals surface area contributed by atoms with E-state index in [0.717, 1.165) is 18.8 Å². The number of aliphatic hydroxyl groups excluding tert-OH is 1. The summed E-state index contributed by atoms with van der Waals surface area (Å²) in [6.45, 7) is 4.73. The number of anilines is 1. The number of nitrogens with zero attached hydrogens (tertiary/aromatic N) is 2. The molecule has 0 amide bonds. The van der Waals surface area contributed by atoms with Crippen LogP contribution in [0.25, 0.3) is 0 Å². The number of rotatable bonds is 6. The normalized spacial score (nSPS) is 14.4. The van der Waals surface area contributed by atoms with E-state index in [2.05, 4.69) is 28.2 Å². The third kappa shape index (κ3) is 4.32. The molecule has 0 aromatic carbocycles.